The highest BCUT2D eigenvalue weighted by atomic mass is 79.9. The Kier molecular flexibility index (Phi) is 3.90. The van der Waals surface area contributed by atoms with Gasteiger partial charge in [-0.15, -0.1) is 0 Å². The van der Waals surface area contributed by atoms with E-state index in [0.717, 1.165) is 5.55 Å². The van der Waals surface area contributed by atoms with E-state index in [-0.39, 0.29) is 5.82 Å². The molecule has 2 nitrogen and oxygen atoms in total. The lowest BCUT2D eigenvalue weighted by atomic mass is 10.2. The quantitative estimate of drug-likeness (QED) is 0.386. The molecule has 0 aliphatic rings. The van der Waals surface area contributed by atoms with Gasteiger partial charge in [0.25, 0.3) is 0 Å². The lowest BCUT2D eigenvalue weighted by Gasteiger charge is -2.15. The number of alkyl halides is 1. The SMILES string of the molecule is N=C[SH2+]([O-])c1ccc(CBr)c(F)c1. The zero-order chi connectivity index (χ0) is 9.84. The smallest absolute Gasteiger partial charge is 0.131 e. The van der Waals surface area contributed by atoms with Crippen LogP contribution in [0.25, 0.3) is 0 Å². The molecule has 0 aliphatic heterocycles. The highest BCUT2D eigenvalue weighted by molar-refractivity contribution is 9.08. The zero-order valence-electron chi connectivity index (χ0n) is 6.68. The summed E-state index contributed by atoms with van der Waals surface area (Å²) in [5, 5.41) is 7.23. The van der Waals surface area contributed by atoms with E-state index < -0.39 is 11.2 Å². The zero-order valence-corrected chi connectivity index (χ0v) is 9.27. The number of rotatable bonds is 3. The molecule has 0 aromatic heterocycles. The lowest BCUT2D eigenvalue weighted by molar-refractivity contribution is 0.597. The molecule has 0 saturated carbocycles. The van der Waals surface area contributed by atoms with Gasteiger partial charge in [-0.25, -0.2) is 15.6 Å². The van der Waals surface area contributed by atoms with Crippen LogP contribution in [0.1, 0.15) is 5.56 Å². The van der Waals surface area contributed by atoms with Crippen LogP contribution in [-0.4, -0.2) is 10.1 Å². The van der Waals surface area contributed by atoms with Gasteiger partial charge in [-0.2, -0.15) is 0 Å². The second kappa shape index (κ2) is 4.74. The molecule has 0 heterocycles. The predicted octanol–water partition coefficient (Wildman–Crippen LogP) is 1.90. The van der Waals surface area contributed by atoms with Crippen molar-refractivity contribution in [2.75, 3.05) is 0 Å². The molecule has 0 unspecified atom stereocenters. The van der Waals surface area contributed by atoms with Gasteiger partial charge in [-0.05, 0) is 11.6 Å². The van der Waals surface area contributed by atoms with E-state index in [1.807, 2.05) is 0 Å². The van der Waals surface area contributed by atoms with Crippen molar-refractivity contribution >= 4 is 32.7 Å². The molecule has 1 aromatic rings. The molecule has 13 heavy (non-hydrogen) atoms. The van der Waals surface area contributed by atoms with Crippen LogP contribution >= 0.6 is 15.9 Å². The van der Waals surface area contributed by atoms with E-state index in [4.69, 9.17) is 5.41 Å². The second-order valence-electron chi connectivity index (χ2n) is 2.45. The lowest BCUT2D eigenvalue weighted by Crippen LogP contribution is -2.02. The van der Waals surface area contributed by atoms with E-state index >= 15 is 0 Å². The minimum atomic E-state index is -2.22. The van der Waals surface area contributed by atoms with E-state index in [1.54, 1.807) is 12.1 Å². The van der Waals surface area contributed by atoms with E-state index in [2.05, 4.69) is 15.9 Å². The summed E-state index contributed by atoms with van der Waals surface area (Å²) >= 11 is 0.915. The largest absolute Gasteiger partial charge is 0.679 e. The van der Waals surface area contributed by atoms with Gasteiger partial charge in [0, 0.05) is 11.4 Å². The van der Waals surface area contributed by atoms with Gasteiger partial charge in [0.2, 0.25) is 0 Å². The summed E-state index contributed by atoms with van der Waals surface area (Å²) in [6.07, 6.45) is 0. The summed E-state index contributed by atoms with van der Waals surface area (Å²) in [4.78, 5) is 0.391. The summed E-state index contributed by atoms with van der Waals surface area (Å²) in [6.45, 7) is 0. The molecule has 1 rings (SSSR count). The highest BCUT2D eigenvalue weighted by Gasteiger charge is 2.04. The molecule has 5 heteroatoms. The van der Waals surface area contributed by atoms with Gasteiger partial charge in [0.1, 0.15) is 11.4 Å². The second-order valence-corrected chi connectivity index (χ2v) is 4.60. The Morgan fingerprint density at radius 1 is 1.62 bits per heavy atom. The molecule has 0 fully saturated rings. The number of benzene rings is 1. The first-order chi connectivity index (χ1) is 6.19. The van der Waals surface area contributed by atoms with Crippen molar-refractivity contribution in [1.82, 2.24) is 0 Å². The predicted molar refractivity (Wildman–Crippen MR) is 57.0 cm³/mol. The molecule has 0 amide bonds. The fourth-order valence-corrected chi connectivity index (χ4v) is 2.03. The molecular formula is C8H9BrFNOS. The Morgan fingerprint density at radius 2 is 2.31 bits per heavy atom. The average Bonchev–Trinajstić information content (AvgIpc) is 2.16. The Balaban J connectivity index is 3.02. The molecule has 0 saturated heterocycles. The molecule has 0 atom stereocenters. The van der Waals surface area contributed by atoms with Crippen molar-refractivity contribution in [2.24, 2.45) is 0 Å². The average molecular weight is 266 g/mol. The standard InChI is InChI=1S/C8H9BrFNOS/c9-4-6-1-2-7(3-8(6)10)13(12)5-11/h1-3,5,11H,4,13H2. The van der Waals surface area contributed by atoms with Crippen LogP contribution in [0, 0.1) is 11.2 Å². The van der Waals surface area contributed by atoms with Crippen molar-refractivity contribution in [2.45, 2.75) is 10.2 Å². The van der Waals surface area contributed by atoms with E-state index in [1.165, 1.54) is 6.07 Å². The Morgan fingerprint density at radius 3 is 2.77 bits per heavy atom. The number of halogens is 2. The van der Waals surface area contributed by atoms with Crippen molar-refractivity contribution in [3.63, 3.8) is 0 Å². The summed E-state index contributed by atoms with van der Waals surface area (Å²) in [5.41, 5.74) is 1.39. The molecule has 0 bridgehead atoms. The summed E-state index contributed by atoms with van der Waals surface area (Å²) in [7, 11) is 0. The van der Waals surface area contributed by atoms with Crippen molar-refractivity contribution in [3.05, 3.63) is 29.6 Å². The van der Waals surface area contributed by atoms with Crippen LogP contribution in [-0.2, 0) is 16.5 Å². The normalized spacial score (nSPS) is 11.2. The maximum absolute atomic E-state index is 13.1. The summed E-state index contributed by atoms with van der Waals surface area (Å²) in [5.74, 6) is -0.380. The Hall–Kier alpha value is -0.390. The molecule has 0 spiro atoms. The van der Waals surface area contributed by atoms with E-state index in [0.29, 0.717) is 15.8 Å². The van der Waals surface area contributed by atoms with Crippen LogP contribution < -0.4 is 0 Å². The van der Waals surface area contributed by atoms with Gasteiger partial charge < -0.3 is 4.55 Å². The molecule has 0 radical (unpaired) electrons. The van der Waals surface area contributed by atoms with Crippen molar-refractivity contribution < 1.29 is 8.94 Å². The van der Waals surface area contributed by atoms with Crippen molar-refractivity contribution in [3.8, 4) is 0 Å². The van der Waals surface area contributed by atoms with Crippen molar-refractivity contribution in [1.29, 1.82) is 5.41 Å². The fourth-order valence-electron chi connectivity index (χ4n) is 0.892. The van der Waals surface area contributed by atoms with E-state index in [9.17, 15) is 8.94 Å². The first kappa shape index (κ1) is 10.7. The minimum Gasteiger partial charge on any atom is -0.679 e. The maximum Gasteiger partial charge on any atom is 0.131 e. The Bertz CT molecular complexity index is 321. The van der Waals surface area contributed by atoms with Crippen LogP contribution in [0.2, 0.25) is 0 Å². The number of hydrogen-bond donors (Lipinski definition) is 1. The first-order valence-corrected chi connectivity index (χ1v) is 6.19. The molecule has 1 N–H and O–H groups in total. The van der Waals surface area contributed by atoms with Gasteiger partial charge in [0.15, 0.2) is 0 Å². The third kappa shape index (κ3) is 2.52. The maximum atomic E-state index is 13.1. The number of hydrogen-bond acceptors (Lipinski definition) is 2. The fraction of sp³-hybridized carbons (Fsp3) is 0.125. The van der Waals surface area contributed by atoms with Gasteiger partial charge in [-0.3, -0.25) is 5.41 Å². The number of nitrogens with one attached hydrogen (secondary N) is 1. The monoisotopic (exact) mass is 265 g/mol. The molecule has 72 valence electrons. The molecule has 0 aliphatic carbocycles. The topological polar surface area (TPSA) is 46.9 Å². The summed E-state index contributed by atoms with van der Waals surface area (Å²) < 4.78 is 24.2. The van der Waals surface area contributed by atoms with Gasteiger partial charge in [-0.1, -0.05) is 22.0 Å². The third-order valence-electron chi connectivity index (χ3n) is 1.61. The molecule has 1 aromatic carbocycles. The highest BCUT2D eigenvalue weighted by Crippen LogP contribution is 2.16. The third-order valence-corrected chi connectivity index (χ3v) is 3.36. The van der Waals surface area contributed by atoms with Crippen LogP contribution in [0.4, 0.5) is 4.39 Å². The summed E-state index contributed by atoms with van der Waals surface area (Å²) in [6, 6.07) is 4.39. The molecular weight excluding hydrogens is 257 g/mol. The van der Waals surface area contributed by atoms with Gasteiger partial charge in [0.05, 0.1) is 4.90 Å². The van der Waals surface area contributed by atoms with Crippen LogP contribution in [0.3, 0.4) is 0 Å². The van der Waals surface area contributed by atoms with Gasteiger partial charge >= 0.3 is 0 Å². The first-order valence-electron chi connectivity index (χ1n) is 3.58. The van der Waals surface area contributed by atoms with Crippen LogP contribution in [0.15, 0.2) is 23.1 Å². The minimum absolute atomic E-state index is 0.380. The Labute approximate surface area is 87.0 Å². The van der Waals surface area contributed by atoms with Crippen LogP contribution in [0.5, 0.6) is 0 Å².